The van der Waals surface area contributed by atoms with Crippen molar-refractivity contribution in [1.82, 2.24) is 5.32 Å². The largest absolute Gasteiger partial charge is 0.362 e. The number of thioether (sulfide) groups is 2. The topological polar surface area (TPSA) is 24.4 Å². The van der Waals surface area contributed by atoms with Gasteiger partial charge in [-0.25, -0.2) is 0 Å². The van der Waals surface area contributed by atoms with Crippen molar-refractivity contribution >= 4 is 28.7 Å². The Morgan fingerprint density at radius 2 is 2.21 bits per heavy atom. The fourth-order valence-corrected chi connectivity index (χ4v) is 3.92. The van der Waals surface area contributed by atoms with Crippen molar-refractivity contribution in [3.05, 3.63) is 35.9 Å². The summed E-state index contributed by atoms with van der Waals surface area (Å²) >= 11 is 3.87. The lowest BCUT2D eigenvalue weighted by Crippen LogP contribution is -2.30. The van der Waals surface area contributed by atoms with E-state index in [0.717, 1.165) is 11.7 Å². The van der Waals surface area contributed by atoms with Crippen LogP contribution in [0.5, 0.6) is 0 Å². The molecule has 0 amide bonds. The van der Waals surface area contributed by atoms with Crippen LogP contribution in [0.25, 0.3) is 0 Å². The fraction of sp³-hybridized carbons (Fsp3) is 0.533. The number of hydrogen-bond acceptors (Lipinski definition) is 4. The molecule has 2 unspecified atom stereocenters. The number of nitrogens with zero attached hydrogens (tertiary/aromatic N) is 1. The Balaban J connectivity index is 1.75. The number of aliphatic imine (C=N–C) groups is 1. The molecule has 2 nitrogen and oxygen atoms in total. The molecule has 1 aliphatic rings. The van der Waals surface area contributed by atoms with Gasteiger partial charge in [0.05, 0.1) is 11.8 Å². The highest BCUT2D eigenvalue weighted by atomic mass is 32.2. The number of rotatable bonds is 6. The van der Waals surface area contributed by atoms with Crippen LogP contribution < -0.4 is 5.32 Å². The third kappa shape index (κ3) is 4.77. The zero-order chi connectivity index (χ0) is 13.5. The molecule has 1 N–H and O–H groups in total. The summed E-state index contributed by atoms with van der Waals surface area (Å²) in [6.07, 6.45) is 1.20. The molecule has 0 aliphatic carbocycles. The normalized spacial score (nSPS) is 20.1. The minimum atomic E-state index is 0.487. The van der Waals surface area contributed by atoms with Gasteiger partial charge in [-0.3, -0.25) is 4.99 Å². The van der Waals surface area contributed by atoms with Gasteiger partial charge in [0.2, 0.25) is 0 Å². The van der Waals surface area contributed by atoms with Gasteiger partial charge in [0.1, 0.15) is 0 Å². The van der Waals surface area contributed by atoms with Gasteiger partial charge in [0.15, 0.2) is 5.17 Å². The minimum Gasteiger partial charge on any atom is -0.362 e. The first kappa shape index (κ1) is 14.8. The molecule has 4 heteroatoms. The summed E-state index contributed by atoms with van der Waals surface area (Å²) in [6.45, 7) is 5.35. The summed E-state index contributed by atoms with van der Waals surface area (Å²) < 4.78 is 0. The molecule has 0 saturated heterocycles. The van der Waals surface area contributed by atoms with Crippen LogP contribution in [0, 0.1) is 0 Å². The standard InChI is InChI=1S/C15H22N2S2/c1-3-18-10-9-12(2)17-15-16-11-14(19-15)13-7-5-4-6-8-13/h4-8,12,14H,3,9-11H2,1-2H3,(H,16,17). The second kappa shape index (κ2) is 7.85. The molecular formula is C15H22N2S2. The SMILES string of the molecule is CCSCCC(C)NC1=NCC(c2ccccc2)S1. The molecule has 0 fully saturated rings. The highest BCUT2D eigenvalue weighted by molar-refractivity contribution is 8.14. The molecule has 19 heavy (non-hydrogen) atoms. The number of amidine groups is 1. The molecule has 0 radical (unpaired) electrons. The minimum absolute atomic E-state index is 0.487. The van der Waals surface area contributed by atoms with Gasteiger partial charge in [-0.05, 0) is 30.4 Å². The zero-order valence-electron chi connectivity index (χ0n) is 11.6. The molecule has 1 aromatic rings. The molecular weight excluding hydrogens is 272 g/mol. The van der Waals surface area contributed by atoms with Gasteiger partial charge in [-0.1, -0.05) is 49.0 Å². The van der Waals surface area contributed by atoms with Crippen LogP contribution in [-0.2, 0) is 0 Å². The average Bonchev–Trinajstić information content (AvgIpc) is 2.88. The maximum absolute atomic E-state index is 4.62. The second-order valence-electron chi connectivity index (χ2n) is 4.69. The van der Waals surface area contributed by atoms with Gasteiger partial charge in [-0.15, -0.1) is 0 Å². The number of benzene rings is 1. The zero-order valence-corrected chi connectivity index (χ0v) is 13.3. The molecule has 0 spiro atoms. The van der Waals surface area contributed by atoms with Crippen molar-refractivity contribution < 1.29 is 0 Å². The molecule has 0 saturated carbocycles. The first-order chi connectivity index (χ1) is 9.29. The summed E-state index contributed by atoms with van der Waals surface area (Å²) in [4.78, 5) is 4.62. The van der Waals surface area contributed by atoms with E-state index < -0.39 is 0 Å². The first-order valence-corrected chi connectivity index (χ1v) is 8.93. The third-order valence-corrected chi connectivity index (χ3v) is 5.20. The van der Waals surface area contributed by atoms with E-state index in [2.05, 4.69) is 54.5 Å². The number of hydrogen-bond donors (Lipinski definition) is 1. The van der Waals surface area contributed by atoms with Crippen molar-refractivity contribution in [3.8, 4) is 0 Å². The lowest BCUT2D eigenvalue weighted by molar-refractivity contribution is 0.651. The lowest BCUT2D eigenvalue weighted by atomic mass is 10.1. The summed E-state index contributed by atoms with van der Waals surface area (Å²) in [5.74, 6) is 2.43. The molecule has 1 aromatic carbocycles. The highest BCUT2D eigenvalue weighted by Gasteiger charge is 2.21. The first-order valence-electron chi connectivity index (χ1n) is 6.90. The molecule has 0 bridgehead atoms. The molecule has 2 atom stereocenters. The van der Waals surface area contributed by atoms with E-state index >= 15 is 0 Å². The quantitative estimate of drug-likeness (QED) is 0.804. The van der Waals surface area contributed by atoms with E-state index in [1.807, 2.05) is 23.5 Å². The van der Waals surface area contributed by atoms with Gasteiger partial charge in [0, 0.05) is 6.04 Å². The Labute approximate surface area is 124 Å². The smallest absolute Gasteiger partial charge is 0.157 e. The predicted molar refractivity (Wildman–Crippen MR) is 89.3 cm³/mol. The van der Waals surface area contributed by atoms with Crippen LogP contribution in [0.3, 0.4) is 0 Å². The summed E-state index contributed by atoms with van der Waals surface area (Å²) in [7, 11) is 0. The van der Waals surface area contributed by atoms with E-state index in [1.165, 1.54) is 23.5 Å². The average molecular weight is 294 g/mol. The van der Waals surface area contributed by atoms with Crippen LogP contribution in [-0.4, -0.2) is 29.3 Å². The fourth-order valence-electron chi connectivity index (χ4n) is 1.98. The van der Waals surface area contributed by atoms with Crippen LogP contribution in [0.15, 0.2) is 35.3 Å². The molecule has 0 aromatic heterocycles. The van der Waals surface area contributed by atoms with E-state index in [0.29, 0.717) is 11.3 Å². The van der Waals surface area contributed by atoms with E-state index in [1.54, 1.807) is 0 Å². The maximum Gasteiger partial charge on any atom is 0.157 e. The van der Waals surface area contributed by atoms with Crippen molar-refractivity contribution in [1.29, 1.82) is 0 Å². The third-order valence-electron chi connectivity index (χ3n) is 3.10. The van der Waals surface area contributed by atoms with Crippen molar-refractivity contribution in [2.75, 3.05) is 18.1 Å². The molecule has 104 valence electrons. The van der Waals surface area contributed by atoms with Crippen LogP contribution in [0.2, 0.25) is 0 Å². The summed E-state index contributed by atoms with van der Waals surface area (Å²) in [6, 6.07) is 11.2. The van der Waals surface area contributed by atoms with E-state index in [9.17, 15) is 0 Å². The Morgan fingerprint density at radius 1 is 1.42 bits per heavy atom. The molecule has 1 heterocycles. The lowest BCUT2D eigenvalue weighted by Gasteiger charge is -2.15. The van der Waals surface area contributed by atoms with E-state index in [-0.39, 0.29) is 0 Å². The second-order valence-corrected chi connectivity index (χ2v) is 7.28. The van der Waals surface area contributed by atoms with Gasteiger partial charge in [-0.2, -0.15) is 11.8 Å². The Bertz CT molecular complexity index is 406. The number of nitrogens with one attached hydrogen (secondary N) is 1. The van der Waals surface area contributed by atoms with Gasteiger partial charge < -0.3 is 5.32 Å². The van der Waals surface area contributed by atoms with Crippen LogP contribution >= 0.6 is 23.5 Å². The Kier molecular flexibility index (Phi) is 6.11. The predicted octanol–water partition coefficient (Wildman–Crippen LogP) is 3.95. The molecule has 1 aliphatic heterocycles. The van der Waals surface area contributed by atoms with Gasteiger partial charge >= 0.3 is 0 Å². The monoisotopic (exact) mass is 294 g/mol. The Morgan fingerprint density at radius 3 is 2.95 bits per heavy atom. The maximum atomic E-state index is 4.62. The van der Waals surface area contributed by atoms with Crippen molar-refractivity contribution in [3.63, 3.8) is 0 Å². The van der Waals surface area contributed by atoms with Crippen molar-refractivity contribution in [2.24, 2.45) is 4.99 Å². The van der Waals surface area contributed by atoms with Crippen molar-refractivity contribution in [2.45, 2.75) is 31.6 Å². The molecule has 2 rings (SSSR count). The van der Waals surface area contributed by atoms with Crippen LogP contribution in [0.1, 0.15) is 31.1 Å². The van der Waals surface area contributed by atoms with Gasteiger partial charge in [0.25, 0.3) is 0 Å². The summed E-state index contributed by atoms with van der Waals surface area (Å²) in [5.41, 5.74) is 1.38. The van der Waals surface area contributed by atoms with Crippen LogP contribution in [0.4, 0.5) is 0 Å². The summed E-state index contributed by atoms with van der Waals surface area (Å²) in [5, 5.41) is 5.14. The Hall–Kier alpha value is -0.610. The highest BCUT2D eigenvalue weighted by Crippen LogP contribution is 2.34. The van der Waals surface area contributed by atoms with E-state index in [4.69, 9.17) is 0 Å².